The number of hydrogen-bond acceptors (Lipinski definition) is 7. The first-order valence-corrected chi connectivity index (χ1v) is 25.3. The molecule has 0 heterocycles. The van der Waals surface area contributed by atoms with E-state index < -0.39 is 24.3 Å². The molecule has 1 N–H and O–H groups in total. The highest BCUT2D eigenvalue weighted by molar-refractivity contribution is 5.71. The summed E-state index contributed by atoms with van der Waals surface area (Å²) >= 11 is 0. The van der Waals surface area contributed by atoms with Crippen LogP contribution in [0.25, 0.3) is 0 Å². The average molecular weight is 875 g/mol. The van der Waals surface area contributed by atoms with Crippen LogP contribution in [-0.4, -0.2) is 87.4 Å². The smallest absolute Gasteiger partial charge is 0.361 e. The van der Waals surface area contributed by atoms with Gasteiger partial charge in [-0.05, 0) is 51.4 Å². The van der Waals surface area contributed by atoms with Crippen molar-refractivity contribution in [2.45, 2.75) is 225 Å². The van der Waals surface area contributed by atoms with Gasteiger partial charge in [0.25, 0.3) is 6.29 Å². The Hall–Kier alpha value is -2.75. The number of quaternary nitrogens is 1. The highest BCUT2D eigenvalue weighted by Crippen LogP contribution is 2.15. The molecule has 9 nitrogen and oxygen atoms in total. The van der Waals surface area contributed by atoms with E-state index in [1.165, 1.54) is 122 Å². The maximum Gasteiger partial charge on any atom is 0.361 e. The first-order valence-electron chi connectivity index (χ1n) is 25.3. The third kappa shape index (κ3) is 45.3. The van der Waals surface area contributed by atoms with Crippen molar-refractivity contribution in [2.24, 2.45) is 0 Å². The highest BCUT2D eigenvalue weighted by atomic mass is 16.7. The second kappa shape index (κ2) is 44.8. The van der Waals surface area contributed by atoms with Gasteiger partial charge in [0.05, 0.1) is 34.4 Å². The number of likely N-dealkylation sites (N-methyl/N-ethyl adjacent to an activating group) is 1. The van der Waals surface area contributed by atoms with Crippen LogP contribution in [0.1, 0.15) is 213 Å². The Balaban J connectivity index is 4.26. The number of unbranched alkanes of at least 4 members (excludes halogenated alkanes) is 23. The van der Waals surface area contributed by atoms with Gasteiger partial charge in [0.1, 0.15) is 13.2 Å². The normalized spacial score (nSPS) is 13.2. The van der Waals surface area contributed by atoms with Gasteiger partial charge in [0, 0.05) is 12.8 Å². The molecule has 360 valence electrons. The molecule has 0 aromatic rings. The van der Waals surface area contributed by atoms with Crippen molar-refractivity contribution in [3.05, 3.63) is 48.6 Å². The lowest BCUT2D eigenvalue weighted by atomic mass is 10.0. The number of hydrogen-bond donors (Lipinski definition) is 1. The molecule has 0 bridgehead atoms. The second-order valence-corrected chi connectivity index (χ2v) is 18.1. The molecule has 0 amide bonds. The molecule has 0 aliphatic rings. The van der Waals surface area contributed by atoms with E-state index in [0.717, 1.165) is 64.2 Å². The number of ether oxygens (including phenoxy) is 4. The topological polar surface area (TPSA) is 108 Å². The van der Waals surface area contributed by atoms with Crippen LogP contribution in [0, 0.1) is 0 Å². The summed E-state index contributed by atoms with van der Waals surface area (Å²) in [5, 5.41) is 9.66. The van der Waals surface area contributed by atoms with Crippen LogP contribution in [0.4, 0.5) is 0 Å². The number of aliphatic carboxylic acids is 1. The Bertz CT molecular complexity index is 1160. The summed E-state index contributed by atoms with van der Waals surface area (Å²) in [4.78, 5) is 37.2. The minimum absolute atomic E-state index is 0.180. The molecule has 0 aliphatic carbocycles. The molecule has 0 saturated heterocycles. The average Bonchev–Trinajstić information content (AvgIpc) is 3.23. The molecule has 0 rings (SSSR count). The van der Waals surface area contributed by atoms with Gasteiger partial charge in [0.2, 0.25) is 0 Å². The van der Waals surface area contributed by atoms with Crippen LogP contribution in [-0.2, 0) is 33.3 Å². The Morgan fingerprint density at radius 3 is 1.37 bits per heavy atom. The standard InChI is InChI=1S/C53H95NO8/c1-6-8-10-12-14-16-18-20-21-22-23-24-25-26-27-28-29-30-31-32-34-36-38-40-42-44-51(56)62-49(48-61-53(52(57)58)59-46-45-54(3,4)5)47-60-50(55)43-41-39-37-35-33-19-17-15-13-11-9-7-2/h8,10,14,16,20-21,23-24,49,53H,6-7,9,11-13,15,17-19,22,25-48H2,1-5H3/p+1/b10-8-,16-14-,21-20-,24-23-. The molecule has 2 atom stereocenters. The van der Waals surface area contributed by atoms with Gasteiger partial charge in [-0.2, -0.15) is 0 Å². The minimum Gasteiger partial charge on any atom is -0.477 e. The molecule has 0 spiro atoms. The fourth-order valence-corrected chi connectivity index (χ4v) is 6.95. The van der Waals surface area contributed by atoms with Crippen molar-refractivity contribution in [3.8, 4) is 0 Å². The zero-order chi connectivity index (χ0) is 45.6. The first kappa shape index (κ1) is 59.2. The number of carboxylic acids is 1. The third-order valence-corrected chi connectivity index (χ3v) is 10.8. The van der Waals surface area contributed by atoms with Crippen molar-refractivity contribution >= 4 is 17.9 Å². The molecule has 0 aliphatic heterocycles. The molecule has 0 aromatic heterocycles. The summed E-state index contributed by atoms with van der Waals surface area (Å²) in [6.07, 6.45) is 50.3. The second-order valence-electron chi connectivity index (χ2n) is 18.1. The lowest BCUT2D eigenvalue weighted by Gasteiger charge is -2.25. The molecule has 9 heteroatoms. The quantitative estimate of drug-likeness (QED) is 0.0212. The molecule has 0 aromatic carbocycles. The molecular formula is C53H96NO8+. The third-order valence-electron chi connectivity index (χ3n) is 10.8. The lowest BCUT2D eigenvalue weighted by Crippen LogP contribution is -2.40. The highest BCUT2D eigenvalue weighted by Gasteiger charge is 2.25. The van der Waals surface area contributed by atoms with Gasteiger partial charge >= 0.3 is 17.9 Å². The molecule has 62 heavy (non-hydrogen) atoms. The molecule has 0 radical (unpaired) electrons. The number of esters is 2. The summed E-state index contributed by atoms with van der Waals surface area (Å²) in [6.45, 7) is 4.76. The SMILES string of the molecule is CC/C=C\C/C=C\C/C=C\C/C=C\CCCCCCCCCCCCCCC(=O)OC(COC(=O)CCCCCCCCCCCCCC)COC(OCC[N+](C)(C)C)C(=O)O. The zero-order valence-electron chi connectivity index (χ0n) is 40.8. The van der Waals surface area contributed by atoms with Crippen LogP contribution in [0.2, 0.25) is 0 Å². The Labute approximate surface area is 381 Å². The lowest BCUT2D eigenvalue weighted by molar-refractivity contribution is -0.870. The van der Waals surface area contributed by atoms with E-state index in [1.807, 2.05) is 21.1 Å². The van der Waals surface area contributed by atoms with E-state index in [4.69, 9.17) is 18.9 Å². The Morgan fingerprint density at radius 1 is 0.500 bits per heavy atom. The van der Waals surface area contributed by atoms with Crippen LogP contribution < -0.4 is 0 Å². The van der Waals surface area contributed by atoms with Crippen LogP contribution in [0.3, 0.4) is 0 Å². The van der Waals surface area contributed by atoms with Gasteiger partial charge in [0.15, 0.2) is 6.10 Å². The van der Waals surface area contributed by atoms with Crippen molar-refractivity contribution in [1.82, 2.24) is 0 Å². The summed E-state index contributed by atoms with van der Waals surface area (Å²) in [5.74, 6) is -2.00. The molecule has 2 unspecified atom stereocenters. The fraction of sp³-hybridized carbons (Fsp3) is 0.792. The predicted molar refractivity (Wildman–Crippen MR) is 258 cm³/mol. The molecular weight excluding hydrogens is 779 g/mol. The number of carboxylic acid groups (broad SMARTS) is 1. The maximum atomic E-state index is 12.8. The maximum absolute atomic E-state index is 12.8. The van der Waals surface area contributed by atoms with Gasteiger partial charge < -0.3 is 28.5 Å². The van der Waals surface area contributed by atoms with Crippen molar-refractivity contribution < 1.29 is 42.9 Å². The van der Waals surface area contributed by atoms with Crippen molar-refractivity contribution in [1.29, 1.82) is 0 Å². The van der Waals surface area contributed by atoms with Crippen LogP contribution in [0.5, 0.6) is 0 Å². The largest absolute Gasteiger partial charge is 0.477 e. The number of rotatable bonds is 46. The summed E-state index contributed by atoms with van der Waals surface area (Å²) in [5.41, 5.74) is 0. The number of nitrogens with zero attached hydrogens (tertiary/aromatic N) is 1. The summed E-state index contributed by atoms with van der Waals surface area (Å²) in [6, 6.07) is 0. The van der Waals surface area contributed by atoms with Crippen LogP contribution in [0.15, 0.2) is 48.6 Å². The van der Waals surface area contributed by atoms with Gasteiger partial charge in [-0.25, -0.2) is 4.79 Å². The summed E-state index contributed by atoms with van der Waals surface area (Å²) < 4.78 is 22.8. The number of allylic oxidation sites excluding steroid dienone is 8. The van der Waals surface area contributed by atoms with Crippen LogP contribution >= 0.6 is 0 Å². The van der Waals surface area contributed by atoms with E-state index >= 15 is 0 Å². The zero-order valence-corrected chi connectivity index (χ0v) is 40.8. The van der Waals surface area contributed by atoms with E-state index in [2.05, 4.69) is 62.5 Å². The number of carbonyl (C=O) groups is 3. The van der Waals surface area contributed by atoms with Gasteiger partial charge in [-0.3, -0.25) is 9.59 Å². The Kier molecular flexibility index (Phi) is 42.9. The van der Waals surface area contributed by atoms with Crippen molar-refractivity contribution in [2.75, 3.05) is 47.5 Å². The van der Waals surface area contributed by atoms with E-state index in [-0.39, 0.29) is 32.2 Å². The van der Waals surface area contributed by atoms with E-state index in [1.54, 1.807) is 0 Å². The fourth-order valence-electron chi connectivity index (χ4n) is 6.95. The first-order chi connectivity index (χ1) is 30.1. The monoisotopic (exact) mass is 875 g/mol. The number of carbonyl (C=O) groups excluding carboxylic acids is 2. The minimum atomic E-state index is -1.51. The molecule has 0 saturated carbocycles. The van der Waals surface area contributed by atoms with Gasteiger partial charge in [-0.15, -0.1) is 0 Å². The molecule has 0 fully saturated rings. The predicted octanol–water partition coefficient (Wildman–Crippen LogP) is 13.9. The van der Waals surface area contributed by atoms with Gasteiger partial charge in [-0.1, -0.05) is 197 Å². The Morgan fingerprint density at radius 2 is 0.919 bits per heavy atom. The summed E-state index contributed by atoms with van der Waals surface area (Å²) in [7, 11) is 5.96. The van der Waals surface area contributed by atoms with E-state index in [0.29, 0.717) is 17.4 Å². The van der Waals surface area contributed by atoms with E-state index in [9.17, 15) is 19.5 Å². The van der Waals surface area contributed by atoms with Crippen molar-refractivity contribution in [3.63, 3.8) is 0 Å².